The lowest BCUT2D eigenvalue weighted by Crippen LogP contribution is -2.56. The second-order valence-corrected chi connectivity index (χ2v) is 11.7. The Bertz CT molecular complexity index is 1150. The molecule has 5 atom stereocenters. The summed E-state index contributed by atoms with van der Waals surface area (Å²) >= 11 is 6.63. The van der Waals surface area contributed by atoms with Gasteiger partial charge >= 0.3 is 0 Å². The normalized spacial score (nSPS) is 28.5. The van der Waals surface area contributed by atoms with Gasteiger partial charge in [-0.25, -0.2) is 0 Å². The first kappa shape index (κ1) is 30.3. The number of carbonyl (C=O) groups excluding carboxylic acids is 3. The quantitative estimate of drug-likeness (QED) is 0.284. The minimum Gasteiger partial charge on any atom is -0.396 e. The van der Waals surface area contributed by atoms with E-state index in [2.05, 4.69) is 13.2 Å². The molecule has 40 heavy (non-hydrogen) atoms. The first-order chi connectivity index (χ1) is 19.1. The standard InChI is InChI=1S/C31H42ClN3O5/c1-6-17-33(5)27(37)23-24-28(38)35(19-10-9-11-20-36)26(31(24)16-15-30(23,8-3)40-31)29(39)34(18-7-2)25-21(4)13-12-14-22(25)32/h6-7,12-14,23-24,26,36H,1-2,8-11,15-20H2,3-5H3/t23-,24-,26?,30+,31?/m0/s1. The van der Waals surface area contributed by atoms with Gasteiger partial charge in [0.05, 0.1) is 28.1 Å². The van der Waals surface area contributed by atoms with Crippen molar-refractivity contribution in [1.29, 1.82) is 0 Å². The van der Waals surface area contributed by atoms with E-state index in [4.69, 9.17) is 16.3 Å². The number of likely N-dealkylation sites (N-methyl/N-ethyl adjacent to an activating group) is 1. The van der Waals surface area contributed by atoms with Crippen molar-refractivity contribution in [3.63, 3.8) is 0 Å². The molecule has 1 aromatic rings. The highest BCUT2D eigenvalue weighted by Crippen LogP contribution is 2.64. The predicted molar refractivity (Wildman–Crippen MR) is 156 cm³/mol. The number of fused-ring (bicyclic) bond motifs is 1. The first-order valence-corrected chi connectivity index (χ1v) is 14.7. The number of anilines is 1. The van der Waals surface area contributed by atoms with E-state index in [1.807, 2.05) is 26.0 Å². The number of aryl methyl sites for hydroxylation is 1. The fraction of sp³-hybridized carbons (Fsp3) is 0.581. The molecule has 3 fully saturated rings. The molecule has 1 aromatic carbocycles. The molecule has 3 heterocycles. The number of rotatable bonds is 13. The number of aliphatic hydroxyl groups is 1. The van der Waals surface area contributed by atoms with E-state index in [-0.39, 0.29) is 30.9 Å². The number of nitrogens with zero attached hydrogens (tertiary/aromatic N) is 3. The summed E-state index contributed by atoms with van der Waals surface area (Å²) < 4.78 is 6.89. The van der Waals surface area contributed by atoms with Gasteiger partial charge in [-0.2, -0.15) is 0 Å². The van der Waals surface area contributed by atoms with Crippen molar-refractivity contribution >= 4 is 35.0 Å². The summed E-state index contributed by atoms with van der Waals surface area (Å²) in [6.45, 7) is 12.5. The molecule has 3 saturated heterocycles. The van der Waals surface area contributed by atoms with Crippen LogP contribution in [0.5, 0.6) is 0 Å². The van der Waals surface area contributed by atoms with Gasteiger partial charge < -0.3 is 24.5 Å². The molecule has 2 bridgehead atoms. The number of halogens is 1. The van der Waals surface area contributed by atoms with E-state index >= 15 is 0 Å². The third kappa shape index (κ3) is 4.78. The molecule has 4 rings (SSSR count). The van der Waals surface area contributed by atoms with Crippen molar-refractivity contribution in [1.82, 2.24) is 9.80 Å². The fourth-order valence-corrected chi connectivity index (χ4v) is 7.56. The van der Waals surface area contributed by atoms with E-state index in [1.165, 1.54) is 0 Å². The summed E-state index contributed by atoms with van der Waals surface area (Å²) in [7, 11) is 1.72. The fourth-order valence-electron chi connectivity index (χ4n) is 7.24. The monoisotopic (exact) mass is 571 g/mol. The number of likely N-dealkylation sites (tertiary alicyclic amines) is 1. The highest BCUT2D eigenvalue weighted by atomic mass is 35.5. The molecule has 8 nitrogen and oxygen atoms in total. The molecule has 0 radical (unpaired) electrons. The van der Waals surface area contributed by atoms with Crippen molar-refractivity contribution < 1.29 is 24.2 Å². The molecule has 2 unspecified atom stereocenters. The third-order valence-corrected chi connectivity index (χ3v) is 9.36. The second-order valence-electron chi connectivity index (χ2n) is 11.3. The summed E-state index contributed by atoms with van der Waals surface area (Å²) in [5, 5.41) is 9.73. The Kier molecular flexibility index (Phi) is 9.12. The van der Waals surface area contributed by atoms with E-state index in [1.54, 1.807) is 40.0 Å². The average molecular weight is 572 g/mol. The third-order valence-electron chi connectivity index (χ3n) is 9.05. The molecule has 1 spiro atoms. The van der Waals surface area contributed by atoms with Crippen LogP contribution in [0.2, 0.25) is 5.02 Å². The maximum absolute atomic E-state index is 14.7. The molecule has 3 aliphatic rings. The van der Waals surface area contributed by atoms with Crippen molar-refractivity contribution in [3.05, 3.63) is 54.1 Å². The van der Waals surface area contributed by atoms with Gasteiger partial charge in [-0.3, -0.25) is 14.4 Å². The average Bonchev–Trinajstić information content (AvgIpc) is 3.53. The summed E-state index contributed by atoms with van der Waals surface area (Å²) in [4.78, 5) is 47.8. The van der Waals surface area contributed by atoms with Crippen LogP contribution in [0, 0.1) is 18.8 Å². The molecule has 3 aliphatic heterocycles. The smallest absolute Gasteiger partial charge is 0.253 e. The van der Waals surface area contributed by atoms with Crippen LogP contribution in [-0.2, 0) is 19.1 Å². The SMILES string of the molecule is C=CCN(C)C(=O)[C@@H]1[C@H]2C(=O)N(CCCCCO)C(C(=O)N(CC=C)c3c(C)cccc3Cl)C23CC[C@@]1(CC)O3. The lowest BCUT2D eigenvalue weighted by Gasteiger charge is -2.37. The van der Waals surface area contributed by atoms with Gasteiger partial charge in [-0.05, 0) is 57.1 Å². The maximum atomic E-state index is 14.7. The molecule has 3 amide bonds. The Morgan fingerprint density at radius 1 is 1.18 bits per heavy atom. The number of unbranched alkanes of at least 4 members (excludes halogenated alkanes) is 2. The van der Waals surface area contributed by atoms with Crippen molar-refractivity contribution in [2.24, 2.45) is 11.8 Å². The zero-order chi connectivity index (χ0) is 29.2. The number of hydrogen-bond donors (Lipinski definition) is 1. The maximum Gasteiger partial charge on any atom is 0.253 e. The number of benzene rings is 1. The van der Waals surface area contributed by atoms with E-state index < -0.39 is 29.1 Å². The number of ether oxygens (including phenoxy) is 1. The number of para-hydroxylation sites is 1. The van der Waals surface area contributed by atoms with E-state index in [0.717, 1.165) is 5.56 Å². The van der Waals surface area contributed by atoms with Crippen molar-refractivity contribution in [3.8, 4) is 0 Å². The lowest BCUT2D eigenvalue weighted by atomic mass is 9.64. The van der Waals surface area contributed by atoms with Gasteiger partial charge in [0.2, 0.25) is 11.8 Å². The summed E-state index contributed by atoms with van der Waals surface area (Å²) in [5.41, 5.74) is -0.516. The molecule has 0 aromatic heterocycles. The molecule has 0 aliphatic carbocycles. The molecule has 0 saturated carbocycles. The predicted octanol–water partition coefficient (Wildman–Crippen LogP) is 4.13. The Labute approximate surface area is 242 Å². The van der Waals surface area contributed by atoms with Crippen LogP contribution in [0.15, 0.2) is 43.5 Å². The van der Waals surface area contributed by atoms with Crippen LogP contribution in [0.3, 0.4) is 0 Å². The van der Waals surface area contributed by atoms with E-state index in [0.29, 0.717) is 62.3 Å². The van der Waals surface area contributed by atoms with Crippen molar-refractivity contribution in [2.75, 3.05) is 38.2 Å². The van der Waals surface area contributed by atoms with Crippen LogP contribution in [-0.4, -0.2) is 83.2 Å². The molecule has 9 heteroatoms. The summed E-state index contributed by atoms with van der Waals surface area (Å²) in [6.07, 6.45) is 6.93. The zero-order valence-electron chi connectivity index (χ0n) is 23.9. The lowest BCUT2D eigenvalue weighted by molar-refractivity contribution is -0.150. The van der Waals surface area contributed by atoms with Crippen LogP contribution in [0.4, 0.5) is 5.69 Å². The number of carbonyl (C=O) groups is 3. The first-order valence-electron chi connectivity index (χ1n) is 14.3. The van der Waals surface area contributed by atoms with Gasteiger partial charge in [-0.15, -0.1) is 13.2 Å². The van der Waals surface area contributed by atoms with Gasteiger partial charge in [0.25, 0.3) is 5.91 Å². The Morgan fingerprint density at radius 2 is 1.90 bits per heavy atom. The number of aliphatic hydroxyl groups excluding tert-OH is 1. The molecule has 1 N–H and O–H groups in total. The Morgan fingerprint density at radius 3 is 2.52 bits per heavy atom. The largest absolute Gasteiger partial charge is 0.396 e. The number of hydrogen-bond acceptors (Lipinski definition) is 5. The summed E-state index contributed by atoms with van der Waals surface area (Å²) in [6, 6.07) is 4.56. The molecular formula is C31H42ClN3O5. The molecular weight excluding hydrogens is 530 g/mol. The highest BCUT2D eigenvalue weighted by Gasteiger charge is 2.79. The van der Waals surface area contributed by atoms with Gasteiger partial charge in [0.15, 0.2) is 0 Å². The van der Waals surface area contributed by atoms with Crippen LogP contribution in [0.1, 0.15) is 51.0 Å². The minimum atomic E-state index is -1.12. The minimum absolute atomic E-state index is 0.0656. The highest BCUT2D eigenvalue weighted by molar-refractivity contribution is 6.34. The van der Waals surface area contributed by atoms with Gasteiger partial charge in [0.1, 0.15) is 11.6 Å². The van der Waals surface area contributed by atoms with Crippen molar-refractivity contribution in [2.45, 2.75) is 69.6 Å². The second kappa shape index (κ2) is 12.0. The topological polar surface area (TPSA) is 90.4 Å². The van der Waals surface area contributed by atoms with Crippen LogP contribution < -0.4 is 4.90 Å². The Hall–Kier alpha value is -2.68. The van der Waals surface area contributed by atoms with Crippen LogP contribution >= 0.6 is 11.6 Å². The van der Waals surface area contributed by atoms with Gasteiger partial charge in [0, 0.05) is 33.3 Å². The molecule has 218 valence electrons. The van der Waals surface area contributed by atoms with Crippen LogP contribution in [0.25, 0.3) is 0 Å². The Balaban J connectivity index is 1.82. The van der Waals surface area contributed by atoms with E-state index in [9.17, 15) is 19.5 Å². The zero-order valence-corrected chi connectivity index (χ0v) is 24.7. The summed E-state index contributed by atoms with van der Waals surface area (Å²) in [5.74, 6) is -2.09. The number of amides is 3. The van der Waals surface area contributed by atoms with Gasteiger partial charge in [-0.1, -0.05) is 42.8 Å².